The first kappa shape index (κ1) is 21.5. The molecule has 1 aromatic carbocycles. The zero-order chi connectivity index (χ0) is 21.7. The van der Waals surface area contributed by atoms with E-state index in [1.54, 1.807) is 37.3 Å². The van der Waals surface area contributed by atoms with Crippen molar-refractivity contribution in [2.45, 2.75) is 20.3 Å². The fourth-order valence-electron chi connectivity index (χ4n) is 3.58. The van der Waals surface area contributed by atoms with E-state index in [1.165, 1.54) is 0 Å². The average Bonchev–Trinajstić information content (AvgIpc) is 2.73. The van der Waals surface area contributed by atoms with E-state index in [0.717, 1.165) is 17.7 Å². The smallest absolute Gasteiger partial charge is 0.335 e. The van der Waals surface area contributed by atoms with Crippen molar-refractivity contribution in [3.05, 3.63) is 56.7 Å². The average molecular weight is 413 g/mol. The number of hydrogen-bond donors (Lipinski definition) is 2. The standard InChI is InChI=1S/C21H27N5O4/c1-3-17(22-9-10-24-11-13-25(14-12-24)15(2)27)18-19(28)23-21(30)26(20(18)29)16-7-5-4-6-8-16/h4-8,29H,3,9-14H2,1-2H3,(H,23,28,30). The SMILES string of the molecule is CCC(=NCCN1CCN(C(C)=O)CC1)c1c(O)n(-c2ccccc2)c(=O)[nH]c1=O. The van der Waals surface area contributed by atoms with Gasteiger partial charge in [0.15, 0.2) is 0 Å². The van der Waals surface area contributed by atoms with Gasteiger partial charge in [0, 0.05) is 39.6 Å². The second-order valence-corrected chi connectivity index (χ2v) is 7.16. The summed E-state index contributed by atoms with van der Waals surface area (Å²) in [6, 6.07) is 8.63. The third kappa shape index (κ3) is 4.68. The molecule has 1 saturated heterocycles. The number of benzene rings is 1. The number of carbonyl (C=O) groups excluding carboxylic acids is 1. The Morgan fingerprint density at radius 2 is 1.80 bits per heavy atom. The number of carbonyl (C=O) groups is 1. The Labute approximate surface area is 174 Å². The molecule has 1 amide bonds. The van der Waals surface area contributed by atoms with Gasteiger partial charge in [-0.05, 0) is 18.6 Å². The van der Waals surface area contributed by atoms with Crippen molar-refractivity contribution in [1.82, 2.24) is 19.4 Å². The van der Waals surface area contributed by atoms with Crippen LogP contribution in [-0.4, -0.2) is 75.3 Å². The summed E-state index contributed by atoms with van der Waals surface area (Å²) in [4.78, 5) is 47.0. The van der Waals surface area contributed by atoms with Crippen LogP contribution in [0.2, 0.25) is 0 Å². The summed E-state index contributed by atoms with van der Waals surface area (Å²) < 4.78 is 1.07. The third-order valence-electron chi connectivity index (χ3n) is 5.26. The van der Waals surface area contributed by atoms with Gasteiger partial charge in [-0.15, -0.1) is 0 Å². The Morgan fingerprint density at radius 1 is 1.13 bits per heavy atom. The maximum absolute atomic E-state index is 12.5. The molecule has 0 unspecified atom stereocenters. The highest BCUT2D eigenvalue weighted by molar-refractivity contribution is 6.02. The lowest BCUT2D eigenvalue weighted by Gasteiger charge is -2.33. The number of aromatic nitrogens is 2. The zero-order valence-corrected chi connectivity index (χ0v) is 17.3. The summed E-state index contributed by atoms with van der Waals surface area (Å²) in [5.74, 6) is -0.324. The van der Waals surface area contributed by atoms with Crippen LogP contribution in [0.4, 0.5) is 0 Å². The Bertz CT molecular complexity index is 1030. The maximum atomic E-state index is 12.5. The molecule has 3 rings (SSSR count). The molecule has 30 heavy (non-hydrogen) atoms. The van der Waals surface area contributed by atoms with E-state index in [2.05, 4.69) is 14.9 Å². The Morgan fingerprint density at radius 3 is 2.40 bits per heavy atom. The van der Waals surface area contributed by atoms with Gasteiger partial charge in [0.1, 0.15) is 5.56 Å². The van der Waals surface area contributed by atoms with Crippen LogP contribution in [0.5, 0.6) is 5.88 Å². The molecule has 9 heteroatoms. The fraction of sp³-hybridized carbons (Fsp3) is 0.429. The Hall–Kier alpha value is -3.20. The van der Waals surface area contributed by atoms with Gasteiger partial charge >= 0.3 is 5.69 Å². The molecule has 2 N–H and O–H groups in total. The van der Waals surface area contributed by atoms with Crippen molar-refractivity contribution in [2.24, 2.45) is 4.99 Å². The van der Waals surface area contributed by atoms with Gasteiger partial charge in [-0.25, -0.2) is 9.36 Å². The number of aromatic amines is 1. The normalized spacial score (nSPS) is 15.4. The van der Waals surface area contributed by atoms with E-state index < -0.39 is 17.1 Å². The van der Waals surface area contributed by atoms with Gasteiger partial charge < -0.3 is 10.0 Å². The molecule has 0 saturated carbocycles. The number of amides is 1. The molecule has 2 heterocycles. The molecule has 1 fully saturated rings. The topological polar surface area (TPSA) is 111 Å². The number of rotatable bonds is 6. The lowest BCUT2D eigenvalue weighted by Crippen LogP contribution is -2.48. The van der Waals surface area contributed by atoms with Gasteiger partial charge in [0.2, 0.25) is 11.8 Å². The third-order valence-corrected chi connectivity index (χ3v) is 5.26. The minimum absolute atomic E-state index is 0.0161. The number of para-hydroxylation sites is 1. The molecule has 1 aliphatic rings. The first-order chi connectivity index (χ1) is 14.4. The number of piperazine rings is 1. The Kier molecular flexibility index (Phi) is 6.83. The molecule has 0 radical (unpaired) electrons. The lowest BCUT2D eigenvalue weighted by atomic mass is 10.1. The van der Waals surface area contributed by atoms with E-state index >= 15 is 0 Å². The molecule has 9 nitrogen and oxygen atoms in total. The largest absolute Gasteiger partial charge is 0.493 e. The van der Waals surface area contributed by atoms with Crippen LogP contribution in [0.15, 0.2) is 44.9 Å². The zero-order valence-electron chi connectivity index (χ0n) is 17.3. The van der Waals surface area contributed by atoms with Crippen molar-refractivity contribution in [3.63, 3.8) is 0 Å². The number of nitrogens with zero attached hydrogens (tertiary/aromatic N) is 4. The van der Waals surface area contributed by atoms with Crippen molar-refractivity contribution in [1.29, 1.82) is 0 Å². The van der Waals surface area contributed by atoms with Crippen molar-refractivity contribution in [3.8, 4) is 11.6 Å². The van der Waals surface area contributed by atoms with E-state index in [1.807, 2.05) is 11.8 Å². The van der Waals surface area contributed by atoms with Crippen LogP contribution in [0, 0.1) is 0 Å². The summed E-state index contributed by atoms with van der Waals surface area (Å²) in [5.41, 5.74) is -0.439. The summed E-state index contributed by atoms with van der Waals surface area (Å²) in [6.45, 7) is 7.51. The summed E-state index contributed by atoms with van der Waals surface area (Å²) in [7, 11) is 0. The first-order valence-corrected chi connectivity index (χ1v) is 10.1. The van der Waals surface area contributed by atoms with Crippen molar-refractivity contribution < 1.29 is 9.90 Å². The maximum Gasteiger partial charge on any atom is 0.335 e. The van der Waals surface area contributed by atoms with E-state index in [-0.39, 0.29) is 11.5 Å². The van der Waals surface area contributed by atoms with Crippen molar-refractivity contribution in [2.75, 3.05) is 39.3 Å². The van der Waals surface area contributed by atoms with Crippen LogP contribution in [0.3, 0.4) is 0 Å². The molecule has 0 spiro atoms. The van der Waals surface area contributed by atoms with E-state index in [4.69, 9.17) is 0 Å². The molecule has 0 bridgehead atoms. The highest BCUT2D eigenvalue weighted by atomic mass is 16.3. The first-order valence-electron chi connectivity index (χ1n) is 10.1. The Balaban J connectivity index is 1.80. The molecule has 0 atom stereocenters. The van der Waals surface area contributed by atoms with Gasteiger partial charge in [-0.2, -0.15) is 0 Å². The number of aromatic hydroxyl groups is 1. The van der Waals surface area contributed by atoms with Gasteiger partial charge in [-0.3, -0.25) is 24.5 Å². The van der Waals surface area contributed by atoms with Crippen LogP contribution in [0.25, 0.3) is 5.69 Å². The molecule has 160 valence electrons. The minimum atomic E-state index is -0.703. The van der Waals surface area contributed by atoms with Gasteiger partial charge in [-0.1, -0.05) is 25.1 Å². The second kappa shape index (κ2) is 9.53. The van der Waals surface area contributed by atoms with Crippen LogP contribution < -0.4 is 11.2 Å². The molecule has 1 aromatic heterocycles. The van der Waals surface area contributed by atoms with Crippen LogP contribution in [0.1, 0.15) is 25.8 Å². The molecular formula is C21H27N5O4. The number of H-pyrrole nitrogens is 1. The monoisotopic (exact) mass is 413 g/mol. The molecule has 0 aliphatic carbocycles. The highest BCUT2D eigenvalue weighted by Crippen LogP contribution is 2.18. The van der Waals surface area contributed by atoms with Gasteiger partial charge in [0.25, 0.3) is 5.56 Å². The fourth-order valence-corrected chi connectivity index (χ4v) is 3.58. The number of hydrogen-bond acceptors (Lipinski definition) is 6. The number of aliphatic imine (C=N–C) groups is 1. The molecular weight excluding hydrogens is 386 g/mol. The van der Waals surface area contributed by atoms with Crippen LogP contribution in [-0.2, 0) is 4.79 Å². The van der Waals surface area contributed by atoms with E-state index in [0.29, 0.717) is 44.0 Å². The summed E-state index contributed by atoms with van der Waals surface area (Å²) >= 11 is 0. The quantitative estimate of drug-likeness (QED) is 0.674. The second-order valence-electron chi connectivity index (χ2n) is 7.16. The summed E-state index contributed by atoms with van der Waals surface area (Å²) in [6.07, 6.45) is 0.432. The lowest BCUT2D eigenvalue weighted by molar-refractivity contribution is -0.130. The highest BCUT2D eigenvalue weighted by Gasteiger charge is 2.20. The van der Waals surface area contributed by atoms with Gasteiger partial charge in [0.05, 0.1) is 17.9 Å². The summed E-state index contributed by atoms with van der Waals surface area (Å²) in [5, 5.41) is 10.7. The van der Waals surface area contributed by atoms with E-state index in [9.17, 15) is 19.5 Å². The van der Waals surface area contributed by atoms with Crippen LogP contribution >= 0.6 is 0 Å². The minimum Gasteiger partial charge on any atom is -0.493 e. The molecule has 1 aliphatic heterocycles. The van der Waals surface area contributed by atoms with Crippen molar-refractivity contribution >= 4 is 11.6 Å². The number of nitrogens with one attached hydrogen (secondary N) is 1. The predicted molar refractivity (Wildman–Crippen MR) is 115 cm³/mol. The predicted octanol–water partition coefficient (Wildman–Crippen LogP) is 0.595. The molecule has 2 aromatic rings.